The number of methoxy groups -OCH3 is 1. The maximum atomic E-state index is 10.6. The van der Waals surface area contributed by atoms with Crippen LogP contribution in [0.4, 0.5) is 0 Å². The second-order valence-electron chi connectivity index (χ2n) is 1.59. The molecule has 0 aliphatic carbocycles. The lowest BCUT2D eigenvalue weighted by Gasteiger charge is -1.96. The smallest absolute Gasteiger partial charge is 0.355 e. The van der Waals surface area contributed by atoms with Crippen LogP contribution in [0, 0.1) is 0 Å². The molecule has 0 bridgehead atoms. The van der Waals surface area contributed by atoms with E-state index in [9.17, 15) is 4.79 Å². The van der Waals surface area contributed by atoms with Crippen molar-refractivity contribution >= 4 is 11.7 Å². The predicted molar refractivity (Wildman–Crippen MR) is 36.8 cm³/mol. The summed E-state index contributed by atoms with van der Waals surface area (Å²) in [5.41, 5.74) is 0.226. The topological polar surface area (TPSA) is 47.9 Å². The minimum atomic E-state index is -0.464. The summed E-state index contributed by atoms with van der Waals surface area (Å²) in [5.74, 6) is -0.464. The van der Waals surface area contributed by atoms with E-state index < -0.39 is 5.97 Å². The van der Waals surface area contributed by atoms with Gasteiger partial charge in [-0.15, -0.1) is 0 Å². The molecule has 58 valence electrons. The molecule has 0 heterocycles. The lowest BCUT2D eigenvalue weighted by molar-refractivity contribution is -0.132. The zero-order chi connectivity index (χ0) is 7.98. The van der Waals surface area contributed by atoms with Crippen LogP contribution in [0.15, 0.2) is 5.16 Å². The van der Waals surface area contributed by atoms with Gasteiger partial charge in [-0.05, 0) is 13.8 Å². The van der Waals surface area contributed by atoms with Gasteiger partial charge in [-0.2, -0.15) is 0 Å². The number of ether oxygens (including phenoxy) is 1. The summed E-state index contributed by atoms with van der Waals surface area (Å²) >= 11 is 0. The molecule has 0 saturated heterocycles. The molecule has 0 saturated carbocycles. The van der Waals surface area contributed by atoms with Gasteiger partial charge in [0.05, 0.1) is 7.11 Å². The van der Waals surface area contributed by atoms with Crippen molar-refractivity contribution < 1.29 is 14.4 Å². The fourth-order valence-corrected chi connectivity index (χ4v) is 0.346. The monoisotopic (exact) mass is 145 g/mol. The molecule has 0 atom stereocenters. The Morgan fingerprint density at radius 1 is 1.60 bits per heavy atom. The van der Waals surface area contributed by atoms with E-state index in [1.807, 2.05) is 0 Å². The average Bonchev–Trinajstić information content (AvgIpc) is 1.98. The quantitative estimate of drug-likeness (QED) is 0.331. The van der Waals surface area contributed by atoms with E-state index in [0.717, 1.165) is 0 Å². The van der Waals surface area contributed by atoms with Crippen LogP contribution >= 0.6 is 0 Å². The number of hydrogen-bond acceptors (Lipinski definition) is 4. The van der Waals surface area contributed by atoms with Crippen molar-refractivity contribution in [2.75, 3.05) is 13.7 Å². The number of hydrogen-bond donors (Lipinski definition) is 0. The molecule has 4 heteroatoms. The molecule has 0 aromatic rings. The number of carbonyl (C=O) groups is 1. The lowest BCUT2D eigenvalue weighted by atomic mass is 10.4. The first-order chi connectivity index (χ1) is 4.72. The first-order valence-electron chi connectivity index (χ1n) is 2.97. The van der Waals surface area contributed by atoms with E-state index in [1.54, 1.807) is 6.92 Å². The highest BCUT2D eigenvalue weighted by Gasteiger charge is 2.03. The van der Waals surface area contributed by atoms with Gasteiger partial charge in [-0.1, -0.05) is 5.16 Å². The largest absolute Gasteiger partial charge is 0.464 e. The van der Waals surface area contributed by atoms with Crippen LogP contribution in [0.5, 0.6) is 0 Å². The van der Waals surface area contributed by atoms with Crippen molar-refractivity contribution in [2.45, 2.75) is 13.8 Å². The van der Waals surface area contributed by atoms with Gasteiger partial charge in [-0.3, -0.25) is 0 Å². The highest BCUT2D eigenvalue weighted by molar-refractivity contribution is 6.35. The van der Waals surface area contributed by atoms with E-state index in [4.69, 9.17) is 0 Å². The summed E-state index contributed by atoms with van der Waals surface area (Å²) in [7, 11) is 1.30. The van der Waals surface area contributed by atoms with Gasteiger partial charge in [0.25, 0.3) is 0 Å². The molecule has 10 heavy (non-hydrogen) atoms. The Hall–Kier alpha value is -1.06. The molecular formula is C6H11NO3. The van der Waals surface area contributed by atoms with Crippen molar-refractivity contribution in [3.63, 3.8) is 0 Å². The average molecular weight is 145 g/mol. The predicted octanol–water partition coefficient (Wildman–Crippen LogP) is 0.572. The van der Waals surface area contributed by atoms with E-state index in [0.29, 0.717) is 6.61 Å². The molecule has 0 spiro atoms. The third kappa shape index (κ3) is 3.06. The maximum absolute atomic E-state index is 10.6. The Morgan fingerprint density at radius 3 is 2.60 bits per heavy atom. The fraction of sp³-hybridized carbons (Fsp3) is 0.667. The first-order valence-corrected chi connectivity index (χ1v) is 2.97. The second kappa shape index (κ2) is 4.78. The Kier molecular flexibility index (Phi) is 4.28. The molecule has 0 rings (SSSR count). The van der Waals surface area contributed by atoms with Crippen molar-refractivity contribution in [1.29, 1.82) is 0 Å². The molecule has 0 amide bonds. The van der Waals surface area contributed by atoms with Gasteiger partial charge in [0.1, 0.15) is 6.61 Å². The molecule has 0 aliphatic rings. The fourth-order valence-electron chi connectivity index (χ4n) is 0.346. The Bertz CT molecular complexity index is 142. The molecule has 0 aliphatic heterocycles. The third-order valence-electron chi connectivity index (χ3n) is 0.811. The van der Waals surface area contributed by atoms with Crippen LogP contribution in [0.2, 0.25) is 0 Å². The van der Waals surface area contributed by atoms with E-state index in [-0.39, 0.29) is 5.71 Å². The molecule has 0 fully saturated rings. The normalized spacial score (nSPS) is 10.9. The van der Waals surface area contributed by atoms with Crippen molar-refractivity contribution in [1.82, 2.24) is 0 Å². The first kappa shape index (κ1) is 8.94. The number of nitrogens with zero attached hydrogens (tertiary/aromatic N) is 1. The van der Waals surface area contributed by atoms with E-state index in [2.05, 4.69) is 14.7 Å². The molecule has 4 nitrogen and oxygen atoms in total. The van der Waals surface area contributed by atoms with Crippen LogP contribution in [0.3, 0.4) is 0 Å². The van der Waals surface area contributed by atoms with Crippen LogP contribution in [0.1, 0.15) is 13.8 Å². The van der Waals surface area contributed by atoms with Gasteiger partial charge >= 0.3 is 5.97 Å². The third-order valence-corrected chi connectivity index (χ3v) is 0.811. The summed E-state index contributed by atoms with van der Waals surface area (Å²) in [5, 5.41) is 3.46. The van der Waals surface area contributed by atoms with Gasteiger partial charge in [0.2, 0.25) is 0 Å². The van der Waals surface area contributed by atoms with Crippen LogP contribution in [0.25, 0.3) is 0 Å². The number of rotatable bonds is 3. The molecule has 0 unspecified atom stereocenters. The van der Waals surface area contributed by atoms with Gasteiger partial charge in [0.15, 0.2) is 5.71 Å². The second-order valence-corrected chi connectivity index (χ2v) is 1.59. The van der Waals surface area contributed by atoms with Crippen LogP contribution in [-0.4, -0.2) is 25.4 Å². The minimum Gasteiger partial charge on any atom is -0.464 e. The highest BCUT2D eigenvalue weighted by Crippen LogP contribution is 1.83. The van der Waals surface area contributed by atoms with E-state index in [1.165, 1.54) is 14.0 Å². The Balaban J connectivity index is 3.80. The SMILES string of the molecule is CCO/N=C(/C)C(=O)OC. The summed E-state index contributed by atoms with van der Waals surface area (Å²) in [6.07, 6.45) is 0. The molecule has 0 radical (unpaired) electrons. The van der Waals surface area contributed by atoms with Crippen molar-refractivity contribution in [3.05, 3.63) is 0 Å². The zero-order valence-electron chi connectivity index (χ0n) is 6.38. The maximum Gasteiger partial charge on any atom is 0.355 e. The number of carbonyl (C=O) groups excluding carboxylic acids is 1. The molecule has 0 N–H and O–H groups in total. The van der Waals surface area contributed by atoms with Crippen LogP contribution < -0.4 is 0 Å². The van der Waals surface area contributed by atoms with E-state index >= 15 is 0 Å². The zero-order valence-corrected chi connectivity index (χ0v) is 6.38. The number of oxime groups is 1. The molecule has 0 aromatic carbocycles. The van der Waals surface area contributed by atoms with Crippen LogP contribution in [-0.2, 0) is 14.4 Å². The molecule has 0 aromatic heterocycles. The summed E-state index contributed by atoms with van der Waals surface area (Å²) < 4.78 is 4.36. The van der Waals surface area contributed by atoms with Gasteiger partial charge < -0.3 is 9.57 Å². The highest BCUT2D eigenvalue weighted by atomic mass is 16.6. The Labute approximate surface area is 59.8 Å². The van der Waals surface area contributed by atoms with Crippen molar-refractivity contribution in [2.24, 2.45) is 5.16 Å². The van der Waals surface area contributed by atoms with Crippen molar-refractivity contribution in [3.8, 4) is 0 Å². The summed E-state index contributed by atoms with van der Waals surface area (Å²) in [6, 6.07) is 0. The Morgan fingerprint density at radius 2 is 2.20 bits per heavy atom. The minimum absolute atomic E-state index is 0.226. The van der Waals surface area contributed by atoms with Gasteiger partial charge in [-0.25, -0.2) is 4.79 Å². The lowest BCUT2D eigenvalue weighted by Crippen LogP contribution is -2.12. The summed E-state index contributed by atoms with van der Waals surface area (Å²) in [4.78, 5) is 15.2. The van der Waals surface area contributed by atoms with Gasteiger partial charge in [0, 0.05) is 0 Å². The molecular weight excluding hydrogens is 134 g/mol. The standard InChI is InChI=1S/C6H11NO3/c1-4-10-7-5(2)6(8)9-3/h4H2,1-3H3/b7-5-. The number of esters is 1. The summed E-state index contributed by atoms with van der Waals surface area (Å²) in [6.45, 7) is 3.77.